The summed E-state index contributed by atoms with van der Waals surface area (Å²) in [7, 11) is 0. The van der Waals surface area contributed by atoms with E-state index in [9.17, 15) is 0 Å². The third kappa shape index (κ3) is 6.04. The molecule has 4 rings (SSSR count). The summed E-state index contributed by atoms with van der Waals surface area (Å²) in [6.45, 7) is 7.02. The molecule has 1 aromatic carbocycles. The van der Waals surface area contributed by atoms with Crippen molar-refractivity contribution in [3.05, 3.63) is 66.1 Å². The molecule has 0 bridgehead atoms. The van der Waals surface area contributed by atoms with E-state index in [-0.39, 0.29) is 0 Å². The largest absolute Gasteiger partial charge is 0.357 e. The number of aromatic nitrogens is 3. The number of aryl methyl sites for hydroxylation is 1. The molecule has 0 amide bonds. The fraction of sp³-hybridized carbons (Fsp3) is 0.458. The quantitative estimate of drug-likeness (QED) is 0.334. The van der Waals surface area contributed by atoms with Gasteiger partial charge in [0.05, 0.1) is 0 Å². The van der Waals surface area contributed by atoms with Crippen LogP contribution >= 0.6 is 0 Å². The molecule has 3 aromatic rings. The normalized spacial score (nSPS) is 16.0. The van der Waals surface area contributed by atoms with E-state index in [0.717, 1.165) is 75.8 Å². The molecule has 0 atom stereocenters. The number of likely N-dealkylation sites (tertiary alicyclic amines) is 1. The third-order valence-corrected chi connectivity index (χ3v) is 5.73. The van der Waals surface area contributed by atoms with Crippen molar-refractivity contribution in [2.75, 3.05) is 26.2 Å². The maximum atomic E-state index is 4.80. The second kappa shape index (κ2) is 10.9. The van der Waals surface area contributed by atoms with Crippen LogP contribution in [0.15, 0.2) is 59.7 Å². The Morgan fingerprint density at radius 1 is 1.06 bits per heavy atom. The van der Waals surface area contributed by atoms with Gasteiger partial charge in [-0.25, -0.2) is 0 Å². The number of aliphatic imine (C=N–C) groups is 1. The van der Waals surface area contributed by atoms with Crippen LogP contribution in [0, 0.1) is 0 Å². The molecule has 7 nitrogen and oxygen atoms in total. The Morgan fingerprint density at radius 2 is 1.87 bits per heavy atom. The molecule has 164 valence electrons. The van der Waals surface area contributed by atoms with Gasteiger partial charge >= 0.3 is 0 Å². The zero-order valence-electron chi connectivity index (χ0n) is 18.4. The molecule has 1 saturated heterocycles. The highest BCUT2D eigenvalue weighted by atomic mass is 15.2. The number of nitrogens with zero attached hydrogens (tertiary/aromatic N) is 5. The molecule has 0 radical (unpaired) electrons. The van der Waals surface area contributed by atoms with E-state index in [4.69, 9.17) is 4.99 Å². The van der Waals surface area contributed by atoms with Crippen LogP contribution < -0.4 is 10.6 Å². The lowest BCUT2D eigenvalue weighted by Gasteiger charge is -2.33. The topological polar surface area (TPSA) is 69.8 Å². The SMILES string of the molecule is CCNC(=NCCCc1nnc2ccccn12)NC1CCN(Cc2ccccc2)CC1. The van der Waals surface area contributed by atoms with Gasteiger partial charge in [0, 0.05) is 51.4 Å². The van der Waals surface area contributed by atoms with Gasteiger partial charge in [0.25, 0.3) is 0 Å². The molecule has 7 heteroatoms. The number of hydrogen-bond acceptors (Lipinski definition) is 4. The number of piperidine rings is 1. The van der Waals surface area contributed by atoms with Gasteiger partial charge in [-0.2, -0.15) is 0 Å². The summed E-state index contributed by atoms with van der Waals surface area (Å²) in [5, 5.41) is 15.6. The minimum atomic E-state index is 0.477. The van der Waals surface area contributed by atoms with Gasteiger partial charge in [0.2, 0.25) is 0 Å². The van der Waals surface area contributed by atoms with E-state index < -0.39 is 0 Å². The fourth-order valence-corrected chi connectivity index (χ4v) is 4.08. The number of fused-ring (bicyclic) bond motifs is 1. The van der Waals surface area contributed by atoms with Gasteiger partial charge in [-0.3, -0.25) is 14.3 Å². The van der Waals surface area contributed by atoms with Gasteiger partial charge in [0.1, 0.15) is 5.82 Å². The highest BCUT2D eigenvalue weighted by molar-refractivity contribution is 5.80. The molecule has 3 heterocycles. The summed E-state index contributed by atoms with van der Waals surface area (Å²) in [5.41, 5.74) is 2.29. The lowest BCUT2D eigenvalue weighted by molar-refractivity contribution is 0.198. The van der Waals surface area contributed by atoms with E-state index in [2.05, 4.69) is 67.4 Å². The standard InChI is InChI=1S/C24H33N7/c1-2-25-24(26-15-8-12-23-29-28-22-11-6-7-16-31(22)23)27-21-13-17-30(18-14-21)19-20-9-4-3-5-10-20/h3-7,9-11,16,21H,2,8,12-15,17-19H2,1H3,(H2,25,26,27). The van der Waals surface area contributed by atoms with E-state index in [0.29, 0.717) is 6.04 Å². The molecule has 0 unspecified atom stereocenters. The first-order valence-electron chi connectivity index (χ1n) is 11.4. The number of pyridine rings is 1. The van der Waals surface area contributed by atoms with Crippen molar-refractivity contribution < 1.29 is 0 Å². The van der Waals surface area contributed by atoms with Gasteiger partial charge in [0.15, 0.2) is 11.6 Å². The lowest BCUT2D eigenvalue weighted by atomic mass is 10.0. The summed E-state index contributed by atoms with van der Waals surface area (Å²) in [6.07, 6.45) is 6.11. The van der Waals surface area contributed by atoms with Crippen LogP contribution in [0.2, 0.25) is 0 Å². The Bertz CT molecular complexity index is 958. The van der Waals surface area contributed by atoms with Crippen molar-refractivity contribution in [2.24, 2.45) is 4.99 Å². The van der Waals surface area contributed by atoms with Crippen LogP contribution in [0.5, 0.6) is 0 Å². The molecule has 1 fully saturated rings. The minimum absolute atomic E-state index is 0.477. The number of hydrogen-bond donors (Lipinski definition) is 2. The summed E-state index contributed by atoms with van der Waals surface area (Å²) in [5.74, 6) is 1.92. The molecule has 2 N–H and O–H groups in total. The minimum Gasteiger partial charge on any atom is -0.357 e. The molecular formula is C24H33N7. The van der Waals surface area contributed by atoms with Crippen molar-refractivity contribution in [2.45, 2.75) is 45.2 Å². The highest BCUT2D eigenvalue weighted by Crippen LogP contribution is 2.14. The van der Waals surface area contributed by atoms with E-state index >= 15 is 0 Å². The van der Waals surface area contributed by atoms with Crippen LogP contribution in [0.3, 0.4) is 0 Å². The molecule has 2 aromatic heterocycles. The monoisotopic (exact) mass is 419 g/mol. The first-order valence-corrected chi connectivity index (χ1v) is 11.4. The summed E-state index contributed by atoms with van der Waals surface area (Å²) in [6, 6.07) is 17.2. The zero-order valence-corrected chi connectivity index (χ0v) is 18.4. The van der Waals surface area contributed by atoms with Crippen LogP contribution in [-0.4, -0.2) is 57.7 Å². The number of nitrogens with one attached hydrogen (secondary N) is 2. The van der Waals surface area contributed by atoms with Crippen LogP contribution in [0.4, 0.5) is 0 Å². The third-order valence-electron chi connectivity index (χ3n) is 5.73. The molecule has 0 aliphatic carbocycles. The Hall–Kier alpha value is -2.93. The van der Waals surface area contributed by atoms with E-state index in [1.54, 1.807) is 0 Å². The number of guanidine groups is 1. The molecule has 31 heavy (non-hydrogen) atoms. The van der Waals surface area contributed by atoms with Gasteiger partial charge in [-0.05, 0) is 43.9 Å². The van der Waals surface area contributed by atoms with E-state index in [1.165, 1.54) is 5.56 Å². The summed E-state index contributed by atoms with van der Waals surface area (Å²) in [4.78, 5) is 7.34. The average molecular weight is 420 g/mol. The Balaban J connectivity index is 1.22. The van der Waals surface area contributed by atoms with Gasteiger partial charge in [-0.1, -0.05) is 36.4 Å². The lowest BCUT2D eigenvalue weighted by Crippen LogP contribution is -2.48. The maximum Gasteiger partial charge on any atom is 0.191 e. The number of rotatable bonds is 8. The molecular weight excluding hydrogens is 386 g/mol. The fourth-order valence-electron chi connectivity index (χ4n) is 4.08. The van der Waals surface area contributed by atoms with Crippen LogP contribution in [-0.2, 0) is 13.0 Å². The second-order valence-corrected chi connectivity index (χ2v) is 8.09. The average Bonchev–Trinajstić information content (AvgIpc) is 3.22. The Morgan fingerprint density at radius 3 is 2.68 bits per heavy atom. The van der Waals surface area contributed by atoms with Crippen LogP contribution in [0.25, 0.3) is 5.65 Å². The van der Waals surface area contributed by atoms with Crippen molar-refractivity contribution in [1.29, 1.82) is 0 Å². The Kier molecular flexibility index (Phi) is 7.50. The van der Waals surface area contributed by atoms with Gasteiger partial charge in [-0.15, -0.1) is 10.2 Å². The maximum absolute atomic E-state index is 4.80. The zero-order chi connectivity index (χ0) is 21.3. The van der Waals surface area contributed by atoms with Crippen molar-refractivity contribution >= 4 is 11.6 Å². The molecule has 1 aliphatic rings. The van der Waals surface area contributed by atoms with Gasteiger partial charge < -0.3 is 10.6 Å². The van der Waals surface area contributed by atoms with Crippen molar-refractivity contribution in [1.82, 2.24) is 30.1 Å². The summed E-state index contributed by atoms with van der Waals surface area (Å²) >= 11 is 0. The molecule has 0 spiro atoms. The van der Waals surface area contributed by atoms with E-state index in [1.807, 2.05) is 24.4 Å². The van der Waals surface area contributed by atoms with Crippen molar-refractivity contribution in [3.8, 4) is 0 Å². The highest BCUT2D eigenvalue weighted by Gasteiger charge is 2.20. The molecule has 0 saturated carbocycles. The summed E-state index contributed by atoms with van der Waals surface area (Å²) < 4.78 is 2.05. The second-order valence-electron chi connectivity index (χ2n) is 8.09. The predicted octanol–water partition coefficient (Wildman–Crippen LogP) is 2.88. The van der Waals surface area contributed by atoms with Crippen molar-refractivity contribution in [3.63, 3.8) is 0 Å². The Labute approximate surface area is 184 Å². The first-order chi connectivity index (χ1) is 15.3. The first kappa shape index (κ1) is 21.3. The molecule has 1 aliphatic heterocycles. The van der Waals surface area contributed by atoms with Crippen LogP contribution in [0.1, 0.15) is 37.6 Å². The number of benzene rings is 1. The predicted molar refractivity (Wildman–Crippen MR) is 125 cm³/mol. The smallest absolute Gasteiger partial charge is 0.191 e.